The zero-order valence-electron chi connectivity index (χ0n) is 7.15. The minimum absolute atomic E-state index is 0.531. The molecule has 5 nitrogen and oxygen atoms in total. The Labute approximate surface area is 71.0 Å². The molecule has 0 aliphatic heterocycles. The van der Waals surface area contributed by atoms with Gasteiger partial charge in [-0.15, -0.1) is 6.20 Å². The Morgan fingerprint density at radius 2 is 2.42 bits per heavy atom. The average Bonchev–Trinajstić information content (AvgIpc) is 2.34. The summed E-state index contributed by atoms with van der Waals surface area (Å²) >= 11 is 0. The van der Waals surface area contributed by atoms with Crippen LogP contribution < -0.4 is 11.6 Å². The number of rotatable bonds is 2. The molecular weight excluding hydrogens is 154 g/mol. The number of aryl methyl sites for hydroxylation is 1. The average molecular weight is 166 g/mol. The minimum atomic E-state index is 0.531. The van der Waals surface area contributed by atoms with E-state index < -0.39 is 0 Å². The van der Waals surface area contributed by atoms with Crippen molar-refractivity contribution in [2.45, 2.75) is 6.92 Å². The van der Waals surface area contributed by atoms with Crippen molar-refractivity contribution in [1.29, 1.82) is 0 Å². The van der Waals surface area contributed by atoms with E-state index in [9.17, 15) is 0 Å². The molecule has 0 saturated heterocycles. The Bertz CT molecular complexity index is 299. The van der Waals surface area contributed by atoms with Crippen molar-refractivity contribution >= 4 is 5.70 Å². The maximum absolute atomic E-state index is 5.65. The number of aromatic nitrogens is 2. The molecule has 12 heavy (non-hydrogen) atoms. The summed E-state index contributed by atoms with van der Waals surface area (Å²) < 4.78 is 1.74. The van der Waals surface area contributed by atoms with Crippen LogP contribution in [0.5, 0.6) is 0 Å². The van der Waals surface area contributed by atoms with Gasteiger partial charge in [0.15, 0.2) is 0 Å². The lowest BCUT2D eigenvalue weighted by molar-refractivity contribution is 0.739. The zero-order chi connectivity index (χ0) is 9.14. The number of hydrogen-bond acceptors (Lipinski definition) is 3. The van der Waals surface area contributed by atoms with Crippen LogP contribution in [-0.4, -0.2) is 9.78 Å². The van der Waals surface area contributed by atoms with Gasteiger partial charge in [-0.3, -0.25) is 4.68 Å². The van der Waals surface area contributed by atoms with Crippen molar-refractivity contribution in [3.05, 3.63) is 29.1 Å². The Morgan fingerprint density at radius 1 is 1.75 bits per heavy atom. The fourth-order valence-corrected chi connectivity index (χ4v) is 0.932. The van der Waals surface area contributed by atoms with E-state index in [0.29, 0.717) is 5.70 Å². The summed E-state index contributed by atoms with van der Waals surface area (Å²) in [4.78, 5) is 0. The van der Waals surface area contributed by atoms with E-state index in [-0.39, 0.29) is 0 Å². The van der Waals surface area contributed by atoms with Gasteiger partial charge in [0, 0.05) is 24.0 Å². The van der Waals surface area contributed by atoms with E-state index >= 15 is 0 Å². The second kappa shape index (κ2) is 3.27. The van der Waals surface area contributed by atoms with Gasteiger partial charge in [0.1, 0.15) is 0 Å². The first-order valence-corrected chi connectivity index (χ1v) is 3.51. The first kappa shape index (κ1) is 8.61. The lowest BCUT2D eigenvalue weighted by Crippen LogP contribution is -2.00. The highest BCUT2D eigenvalue weighted by Gasteiger charge is 2.03. The maximum atomic E-state index is 5.65. The lowest BCUT2D eigenvalue weighted by Gasteiger charge is -2.07. The third kappa shape index (κ3) is 1.40. The molecule has 0 fully saturated rings. The van der Waals surface area contributed by atoms with Gasteiger partial charge in [-0.25, -0.2) is 0 Å². The van der Waals surface area contributed by atoms with Gasteiger partial charge in [-0.1, -0.05) is 0 Å². The van der Waals surface area contributed by atoms with Gasteiger partial charge in [-0.2, -0.15) is 5.10 Å². The van der Waals surface area contributed by atoms with Crippen LogP contribution in [0, 0.1) is 6.92 Å². The van der Waals surface area contributed by atoms with Gasteiger partial charge >= 0.3 is 0 Å². The summed E-state index contributed by atoms with van der Waals surface area (Å²) in [5.41, 5.74) is 11.4. The molecule has 4 N–H and O–H groups in total. The van der Waals surface area contributed by atoms with Crippen molar-refractivity contribution in [1.82, 2.24) is 9.78 Å². The van der Waals surface area contributed by atoms with Gasteiger partial charge < -0.3 is 17.0 Å². The van der Waals surface area contributed by atoms with Crippen LogP contribution in [0.15, 0.2) is 12.4 Å². The van der Waals surface area contributed by atoms with Gasteiger partial charge in [0.2, 0.25) is 0 Å². The van der Waals surface area contributed by atoms with E-state index in [0.717, 1.165) is 11.3 Å². The molecule has 0 spiro atoms. The Hall–Kier alpha value is -1.49. The van der Waals surface area contributed by atoms with E-state index in [4.69, 9.17) is 11.6 Å². The van der Waals surface area contributed by atoms with Crippen molar-refractivity contribution in [2.75, 3.05) is 0 Å². The summed E-state index contributed by atoms with van der Waals surface area (Å²) in [6.45, 7) is 1.93. The largest absolute Gasteiger partial charge is 0.630 e. The Balaban J connectivity index is 3.03. The molecule has 5 heteroatoms. The summed E-state index contributed by atoms with van der Waals surface area (Å²) in [7, 11) is 1.85. The lowest BCUT2D eigenvalue weighted by atomic mass is 10.2. The molecule has 1 aromatic rings. The van der Waals surface area contributed by atoms with E-state index in [1.165, 1.54) is 6.20 Å². The fraction of sp³-hybridized carbons (Fsp3) is 0.286. The smallest absolute Gasteiger partial charge is 0.0585 e. The molecule has 0 amide bonds. The SMILES string of the molecule is Cc1c(/C(N)=C/[N-]N)cnn1C. The third-order valence-electron chi connectivity index (χ3n) is 1.76. The van der Waals surface area contributed by atoms with Crippen LogP contribution in [0.2, 0.25) is 0 Å². The van der Waals surface area contributed by atoms with Crippen LogP contribution in [0.1, 0.15) is 11.3 Å². The molecule has 0 bridgehead atoms. The van der Waals surface area contributed by atoms with Crippen LogP contribution in [0.3, 0.4) is 0 Å². The minimum Gasteiger partial charge on any atom is -0.630 e. The Morgan fingerprint density at radius 3 is 2.83 bits per heavy atom. The molecule has 0 atom stereocenters. The van der Waals surface area contributed by atoms with E-state index in [2.05, 4.69) is 10.5 Å². The van der Waals surface area contributed by atoms with Crippen LogP contribution in [-0.2, 0) is 7.05 Å². The van der Waals surface area contributed by atoms with E-state index in [1.807, 2.05) is 14.0 Å². The standard InChI is InChI=1S/C7H12N5/c1-5-6(3-11-12(5)2)7(8)4-10-9/h3-4H,8-9H2,1-2H3/q-1/b7-4-. The third-order valence-corrected chi connectivity index (χ3v) is 1.76. The monoisotopic (exact) mass is 166 g/mol. The summed E-state index contributed by atoms with van der Waals surface area (Å²) in [5, 5.41) is 4.03. The van der Waals surface area contributed by atoms with E-state index in [1.54, 1.807) is 10.9 Å². The summed E-state index contributed by atoms with van der Waals surface area (Å²) in [6.07, 6.45) is 3.09. The van der Waals surface area contributed by atoms with Gasteiger partial charge in [-0.05, 0) is 6.92 Å². The zero-order valence-corrected chi connectivity index (χ0v) is 7.15. The molecular formula is C7H12N5-. The summed E-state index contributed by atoms with van der Waals surface area (Å²) in [6, 6.07) is 0. The number of nitrogens with zero attached hydrogens (tertiary/aromatic N) is 3. The predicted molar refractivity (Wildman–Crippen MR) is 47.7 cm³/mol. The van der Waals surface area contributed by atoms with Gasteiger partial charge in [0.25, 0.3) is 0 Å². The van der Waals surface area contributed by atoms with Crippen molar-refractivity contribution in [2.24, 2.45) is 18.6 Å². The molecule has 0 aliphatic carbocycles. The summed E-state index contributed by atoms with van der Waals surface area (Å²) in [5.74, 6) is 4.97. The second-order valence-electron chi connectivity index (χ2n) is 2.50. The molecule has 0 aliphatic rings. The van der Waals surface area contributed by atoms with Crippen molar-refractivity contribution in [3.8, 4) is 0 Å². The maximum Gasteiger partial charge on any atom is 0.0585 e. The van der Waals surface area contributed by atoms with Crippen molar-refractivity contribution in [3.63, 3.8) is 0 Å². The molecule has 1 heterocycles. The highest BCUT2D eigenvalue weighted by atomic mass is 15.3. The van der Waals surface area contributed by atoms with Crippen LogP contribution in [0.4, 0.5) is 0 Å². The molecule has 0 unspecified atom stereocenters. The molecule has 66 valence electrons. The molecule has 0 aromatic carbocycles. The number of nitrogens with two attached hydrogens (primary N) is 2. The predicted octanol–water partition coefficient (Wildman–Crippen LogP) is 0.233. The highest BCUT2D eigenvalue weighted by molar-refractivity contribution is 5.64. The Kier molecular flexibility index (Phi) is 2.35. The second-order valence-corrected chi connectivity index (χ2v) is 2.50. The number of hydrogen-bond donors (Lipinski definition) is 2. The van der Waals surface area contributed by atoms with Crippen LogP contribution >= 0.6 is 0 Å². The normalized spacial score (nSPS) is 11.8. The molecule has 1 rings (SSSR count). The topological polar surface area (TPSA) is 84.0 Å². The fourth-order valence-electron chi connectivity index (χ4n) is 0.932. The highest BCUT2D eigenvalue weighted by Crippen LogP contribution is 2.12. The quantitative estimate of drug-likeness (QED) is 0.487. The van der Waals surface area contributed by atoms with Crippen LogP contribution in [0.25, 0.3) is 11.1 Å². The molecule has 0 saturated carbocycles. The first-order valence-electron chi connectivity index (χ1n) is 3.51. The first-order chi connectivity index (χ1) is 5.66. The molecule has 0 radical (unpaired) electrons. The molecule has 1 aromatic heterocycles. The van der Waals surface area contributed by atoms with Gasteiger partial charge in [0.05, 0.1) is 6.20 Å². The van der Waals surface area contributed by atoms with Crippen molar-refractivity contribution < 1.29 is 0 Å².